The van der Waals surface area contributed by atoms with Crippen molar-refractivity contribution in [3.63, 3.8) is 0 Å². The lowest BCUT2D eigenvalue weighted by Crippen LogP contribution is -2.41. The Morgan fingerprint density at radius 3 is 2.44 bits per heavy atom. The number of thiazole rings is 1. The minimum absolute atomic E-state index is 0.0358. The topological polar surface area (TPSA) is 140 Å². The first-order valence-corrected chi connectivity index (χ1v) is 13.7. The number of aromatic nitrogens is 1. The molecule has 32 heavy (non-hydrogen) atoms. The summed E-state index contributed by atoms with van der Waals surface area (Å²) < 4.78 is 51.0. The van der Waals surface area contributed by atoms with E-state index in [0.29, 0.717) is 16.8 Å². The van der Waals surface area contributed by atoms with Crippen LogP contribution in [-0.4, -0.2) is 44.6 Å². The minimum Gasteiger partial charge on any atom is -0.298 e. The number of sulfonamides is 2. The average molecular weight is 495 g/mol. The van der Waals surface area contributed by atoms with Gasteiger partial charge < -0.3 is 0 Å². The first-order chi connectivity index (χ1) is 15.1. The molecule has 0 spiro atoms. The van der Waals surface area contributed by atoms with E-state index in [9.17, 15) is 21.6 Å². The van der Waals surface area contributed by atoms with Crippen molar-refractivity contribution < 1.29 is 21.6 Å². The molecule has 2 heterocycles. The normalized spacial score (nSPS) is 18.0. The zero-order valence-electron chi connectivity index (χ0n) is 17.2. The maximum Gasteiger partial charge on any atom is 0.257 e. The summed E-state index contributed by atoms with van der Waals surface area (Å²) in [7, 11) is -7.45. The van der Waals surface area contributed by atoms with Gasteiger partial charge in [-0.15, -0.1) is 0 Å². The smallest absolute Gasteiger partial charge is 0.257 e. The molecule has 1 saturated heterocycles. The summed E-state index contributed by atoms with van der Waals surface area (Å²) >= 11 is 1.11. The van der Waals surface area contributed by atoms with E-state index in [1.165, 1.54) is 46.8 Å². The molecule has 0 saturated carbocycles. The highest BCUT2D eigenvalue weighted by atomic mass is 32.2. The van der Waals surface area contributed by atoms with Crippen LogP contribution in [0.5, 0.6) is 0 Å². The van der Waals surface area contributed by atoms with Crippen molar-refractivity contribution in [2.24, 2.45) is 5.14 Å². The van der Waals surface area contributed by atoms with Crippen molar-refractivity contribution in [2.45, 2.75) is 42.0 Å². The van der Waals surface area contributed by atoms with Gasteiger partial charge in [-0.05, 0) is 62.2 Å². The Balaban J connectivity index is 1.52. The number of hydrogen-bond donors (Lipinski definition) is 2. The highest BCUT2D eigenvalue weighted by Gasteiger charge is 2.31. The third-order valence-corrected chi connectivity index (χ3v) is 9.25. The second-order valence-electron chi connectivity index (χ2n) is 7.63. The summed E-state index contributed by atoms with van der Waals surface area (Å²) in [6.07, 6.45) is 2.69. The Hall–Kier alpha value is -2.38. The number of hydrogen-bond acceptors (Lipinski definition) is 7. The van der Waals surface area contributed by atoms with Crippen LogP contribution in [-0.2, 0) is 20.0 Å². The van der Waals surface area contributed by atoms with E-state index in [-0.39, 0.29) is 26.5 Å². The van der Waals surface area contributed by atoms with Gasteiger partial charge in [-0.1, -0.05) is 17.8 Å². The van der Waals surface area contributed by atoms with Gasteiger partial charge in [0.05, 0.1) is 20.0 Å². The molecular formula is C20H22N4O5S3. The number of carbonyl (C=O) groups excluding carboxylic acids is 1. The Morgan fingerprint density at radius 1 is 1.09 bits per heavy atom. The van der Waals surface area contributed by atoms with Crippen LogP contribution in [0, 0.1) is 0 Å². The molecule has 1 atom stereocenters. The van der Waals surface area contributed by atoms with E-state index in [1.54, 1.807) is 0 Å². The SMILES string of the molecule is CC1CCCCN1S(=O)(=O)c1ccc(C(=O)Nc2nc3ccc(S(N)(=O)=O)cc3s2)cc1. The molecule has 0 aliphatic carbocycles. The van der Waals surface area contributed by atoms with Crippen LogP contribution in [0.3, 0.4) is 0 Å². The van der Waals surface area contributed by atoms with Gasteiger partial charge in [0.25, 0.3) is 5.91 Å². The Labute approximate surface area is 190 Å². The maximum absolute atomic E-state index is 12.9. The van der Waals surface area contributed by atoms with Crippen LogP contribution in [0.1, 0.15) is 36.5 Å². The van der Waals surface area contributed by atoms with Crippen LogP contribution in [0.15, 0.2) is 52.3 Å². The number of nitrogens with one attached hydrogen (secondary N) is 1. The Morgan fingerprint density at radius 2 is 1.78 bits per heavy atom. The predicted molar refractivity (Wildman–Crippen MR) is 123 cm³/mol. The Kier molecular flexibility index (Phi) is 6.07. The van der Waals surface area contributed by atoms with Gasteiger partial charge in [-0.3, -0.25) is 10.1 Å². The number of piperidine rings is 1. The van der Waals surface area contributed by atoms with Gasteiger partial charge in [-0.25, -0.2) is 27.0 Å². The number of carbonyl (C=O) groups is 1. The molecule has 170 valence electrons. The summed E-state index contributed by atoms with van der Waals surface area (Å²) in [5, 5.41) is 8.10. The number of primary sulfonamides is 1. The average Bonchev–Trinajstić information content (AvgIpc) is 3.15. The Bertz CT molecular complexity index is 1380. The van der Waals surface area contributed by atoms with Crippen molar-refractivity contribution in [3.05, 3.63) is 48.0 Å². The van der Waals surface area contributed by atoms with E-state index >= 15 is 0 Å². The molecule has 0 radical (unpaired) electrons. The first kappa shape index (κ1) is 22.8. The molecule has 1 fully saturated rings. The number of benzene rings is 2. The fourth-order valence-corrected chi connectivity index (χ4v) is 6.86. The summed E-state index contributed by atoms with van der Waals surface area (Å²) in [4.78, 5) is 17.0. The van der Waals surface area contributed by atoms with Crippen LogP contribution in [0.2, 0.25) is 0 Å². The van der Waals surface area contributed by atoms with Crippen LogP contribution in [0.4, 0.5) is 5.13 Å². The number of anilines is 1. The third-order valence-electron chi connectivity index (χ3n) is 5.37. The summed E-state index contributed by atoms with van der Waals surface area (Å²) in [6, 6.07) is 10.0. The molecule has 1 aromatic heterocycles. The van der Waals surface area contributed by atoms with E-state index in [0.717, 1.165) is 30.6 Å². The van der Waals surface area contributed by atoms with Gasteiger partial charge in [0.15, 0.2) is 5.13 Å². The van der Waals surface area contributed by atoms with Crippen molar-refractivity contribution in [1.29, 1.82) is 0 Å². The molecule has 1 unspecified atom stereocenters. The molecule has 2 aromatic carbocycles. The van der Waals surface area contributed by atoms with Crippen molar-refractivity contribution in [2.75, 3.05) is 11.9 Å². The molecule has 0 bridgehead atoms. The molecule has 3 aromatic rings. The quantitative estimate of drug-likeness (QED) is 0.559. The molecular weight excluding hydrogens is 472 g/mol. The van der Waals surface area contributed by atoms with E-state index < -0.39 is 26.0 Å². The van der Waals surface area contributed by atoms with Gasteiger partial charge in [0.1, 0.15) is 0 Å². The largest absolute Gasteiger partial charge is 0.298 e. The molecule has 3 N–H and O–H groups in total. The maximum atomic E-state index is 12.9. The predicted octanol–water partition coefficient (Wildman–Crippen LogP) is 2.76. The first-order valence-electron chi connectivity index (χ1n) is 9.92. The lowest BCUT2D eigenvalue weighted by molar-refractivity contribution is 0.102. The van der Waals surface area contributed by atoms with Gasteiger partial charge in [-0.2, -0.15) is 4.31 Å². The summed E-state index contributed by atoms with van der Waals surface area (Å²) in [5.41, 5.74) is 0.801. The lowest BCUT2D eigenvalue weighted by atomic mass is 10.1. The second kappa shape index (κ2) is 8.52. The molecule has 1 aliphatic rings. The highest BCUT2D eigenvalue weighted by molar-refractivity contribution is 7.89. The monoisotopic (exact) mass is 494 g/mol. The molecule has 1 amide bonds. The van der Waals surface area contributed by atoms with E-state index in [1.807, 2.05) is 6.92 Å². The fourth-order valence-electron chi connectivity index (χ4n) is 3.65. The number of nitrogens with two attached hydrogens (primary N) is 1. The summed E-state index contributed by atoms with van der Waals surface area (Å²) in [5.74, 6) is -0.453. The van der Waals surface area contributed by atoms with Crippen molar-refractivity contribution >= 4 is 52.6 Å². The van der Waals surface area contributed by atoms with Gasteiger partial charge in [0.2, 0.25) is 20.0 Å². The summed E-state index contributed by atoms with van der Waals surface area (Å²) in [6.45, 7) is 2.40. The van der Waals surface area contributed by atoms with Crippen molar-refractivity contribution in [3.8, 4) is 0 Å². The van der Waals surface area contributed by atoms with Gasteiger partial charge >= 0.3 is 0 Å². The van der Waals surface area contributed by atoms with Crippen LogP contribution >= 0.6 is 11.3 Å². The molecule has 9 nitrogen and oxygen atoms in total. The number of nitrogens with zero attached hydrogens (tertiary/aromatic N) is 2. The van der Waals surface area contributed by atoms with Crippen LogP contribution in [0.25, 0.3) is 10.2 Å². The molecule has 4 rings (SSSR count). The number of rotatable bonds is 5. The third kappa shape index (κ3) is 4.55. The molecule has 12 heteroatoms. The lowest BCUT2D eigenvalue weighted by Gasteiger charge is -2.32. The van der Waals surface area contributed by atoms with E-state index in [4.69, 9.17) is 5.14 Å². The molecule has 1 aliphatic heterocycles. The zero-order chi connectivity index (χ0) is 23.1. The minimum atomic E-state index is -3.84. The zero-order valence-corrected chi connectivity index (χ0v) is 19.6. The second-order valence-corrected chi connectivity index (χ2v) is 12.1. The number of amides is 1. The van der Waals surface area contributed by atoms with E-state index in [2.05, 4.69) is 10.3 Å². The van der Waals surface area contributed by atoms with Crippen LogP contribution < -0.4 is 10.5 Å². The van der Waals surface area contributed by atoms with Crippen molar-refractivity contribution in [1.82, 2.24) is 9.29 Å². The van der Waals surface area contributed by atoms with Gasteiger partial charge in [0, 0.05) is 18.2 Å². The highest BCUT2D eigenvalue weighted by Crippen LogP contribution is 2.29. The number of fused-ring (bicyclic) bond motifs is 1. The standard InChI is InChI=1S/C20H22N4O5S3/c1-13-4-2-3-11-24(13)32(28,29)15-7-5-14(6-8-15)19(25)23-20-22-17-10-9-16(31(21,26)27)12-18(17)30-20/h5-10,12-13H,2-4,11H2,1H3,(H2,21,26,27)(H,22,23,25). The fraction of sp³-hybridized carbons (Fsp3) is 0.300.